The number of ether oxygens (including phenoxy) is 1. The van der Waals surface area contributed by atoms with Crippen molar-refractivity contribution in [3.05, 3.63) is 103 Å². The zero-order chi connectivity index (χ0) is 26.8. The van der Waals surface area contributed by atoms with E-state index in [9.17, 15) is 14.4 Å². The Balaban J connectivity index is 1.49. The number of esters is 1. The summed E-state index contributed by atoms with van der Waals surface area (Å²) in [5.41, 5.74) is 3.00. The number of nitrogens with one attached hydrogen (secondary N) is 1. The number of rotatable bonds is 7. The summed E-state index contributed by atoms with van der Waals surface area (Å²) in [6, 6.07) is 16.7. The van der Waals surface area contributed by atoms with Crippen molar-refractivity contribution < 1.29 is 14.3 Å². The van der Waals surface area contributed by atoms with Crippen molar-refractivity contribution in [2.24, 2.45) is 0 Å². The second-order valence-electron chi connectivity index (χ2n) is 8.43. The minimum Gasteiger partial charge on any atom is -0.462 e. The van der Waals surface area contributed by atoms with Crippen LogP contribution in [0.2, 0.25) is 5.02 Å². The number of aryl methyl sites for hydroxylation is 1. The van der Waals surface area contributed by atoms with E-state index in [1.54, 1.807) is 43.5 Å². The highest BCUT2D eigenvalue weighted by atomic mass is 35.5. The molecule has 10 heteroatoms. The Morgan fingerprint density at radius 2 is 1.84 bits per heavy atom. The third-order valence-electron chi connectivity index (χ3n) is 5.97. The highest BCUT2D eigenvalue weighted by Gasteiger charge is 2.25. The molecule has 0 bridgehead atoms. The lowest BCUT2D eigenvalue weighted by atomic mass is 10.0. The first kappa shape index (κ1) is 25.8. The quantitative estimate of drug-likeness (QED) is 0.225. The topological polar surface area (TPSA) is 90.3 Å². The van der Waals surface area contributed by atoms with Crippen molar-refractivity contribution in [3.63, 3.8) is 0 Å². The van der Waals surface area contributed by atoms with Gasteiger partial charge in [-0.3, -0.25) is 14.2 Å². The van der Waals surface area contributed by atoms with Crippen LogP contribution in [0.15, 0.2) is 71.1 Å². The molecule has 7 nitrogen and oxygen atoms in total. The van der Waals surface area contributed by atoms with Crippen molar-refractivity contribution in [2.75, 3.05) is 11.9 Å². The van der Waals surface area contributed by atoms with Crippen molar-refractivity contribution in [1.82, 2.24) is 9.55 Å². The number of aromatic nitrogens is 2. The van der Waals surface area contributed by atoms with Crippen LogP contribution in [0.4, 0.5) is 5.00 Å². The first-order chi connectivity index (χ1) is 18.4. The highest BCUT2D eigenvalue weighted by molar-refractivity contribution is 7.21. The second kappa shape index (κ2) is 10.9. The number of nitrogens with zero attached hydrogens (tertiary/aromatic N) is 2. The third kappa shape index (κ3) is 5.00. The predicted molar refractivity (Wildman–Crippen MR) is 153 cm³/mol. The zero-order valence-corrected chi connectivity index (χ0v) is 22.9. The number of fused-ring (bicyclic) bond motifs is 1. The Hall–Kier alpha value is -3.79. The van der Waals surface area contributed by atoms with Crippen molar-refractivity contribution in [3.8, 4) is 11.1 Å². The van der Waals surface area contributed by atoms with Crippen LogP contribution in [-0.2, 0) is 11.3 Å². The number of carbonyl (C=O) groups is 2. The van der Waals surface area contributed by atoms with Gasteiger partial charge in [-0.25, -0.2) is 9.78 Å². The van der Waals surface area contributed by atoms with Crippen LogP contribution in [0.3, 0.4) is 0 Å². The van der Waals surface area contributed by atoms with E-state index in [0.717, 1.165) is 22.5 Å². The molecule has 0 saturated heterocycles. The van der Waals surface area contributed by atoms with Crippen molar-refractivity contribution in [1.29, 1.82) is 0 Å². The van der Waals surface area contributed by atoms with Gasteiger partial charge in [0.15, 0.2) is 0 Å². The summed E-state index contributed by atoms with van der Waals surface area (Å²) in [4.78, 5) is 44.9. The Kier molecular flexibility index (Phi) is 7.42. The minimum atomic E-state index is -0.535. The largest absolute Gasteiger partial charge is 0.462 e. The molecule has 192 valence electrons. The predicted octanol–water partition coefficient (Wildman–Crippen LogP) is 6.63. The van der Waals surface area contributed by atoms with E-state index in [1.165, 1.54) is 22.2 Å². The Bertz CT molecular complexity index is 1710. The van der Waals surface area contributed by atoms with E-state index in [2.05, 4.69) is 10.3 Å². The number of halogens is 1. The van der Waals surface area contributed by atoms with E-state index in [0.29, 0.717) is 42.8 Å². The maximum atomic E-state index is 13.4. The van der Waals surface area contributed by atoms with Crippen LogP contribution in [0.1, 0.15) is 38.1 Å². The van der Waals surface area contributed by atoms with Crippen LogP contribution in [0.5, 0.6) is 0 Å². The van der Waals surface area contributed by atoms with E-state index in [-0.39, 0.29) is 17.7 Å². The SMILES string of the molecule is CCOC(=O)c1c(-c2ccc(Cl)cc2)csc1NC(=O)c1sc2ncn(Cc3ccccc3)c(=O)c2c1C. The molecule has 1 N–H and O–H groups in total. The fraction of sp³-hybridized carbons (Fsp3) is 0.143. The van der Waals surface area contributed by atoms with Crippen LogP contribution < -0.4 is 10.9 Å². The molecule has 0 radical (unpaired) electrons. The number of hydrogen-bond acceptors (Lipinski definition) is 7. The normalized spacial score (nSPS) is 11.0. The monoisotopic (exact) mass is 563 g/mol. The maximum Gasteiger partial charge on any atom is 0.341 e. The summed E-state index contributed by atoms with van der Waals surface area (Å²) in [6.07, 6.45) is 1.51. The van der Waals surface area contributed by atoms with Gasteiger partial charge < -0.3 is 10.1 Å². The molecular weight excluding hydrogens is 542 g/mol. The maximum absolute atomic E-state index is 13.4. The molecule has 38 heavy (non-hydrogen) atoms. The molecule has 0 spiro atoms. The molecule has 2 aromatic carbocycles. The summed E-state index contributed by atoms with van der Waals surface area (Å²) in [5, 5.41) is 6.02. The van der Waals surface area contributed by atoms with Gasteiger partial charge in [0.2, 0.25) is 0 Å². The zero-order valence-electron chi connectivity index (χ0n) is 20.5. The number of benzene rings is 2. The first-order valence-electron chi connectivity index (χ1n) is 11.8. The summed E-state index contributed by atoms with van der Waals surface area (Å²) in [5.74, 6) is -0.956. The molecule has 0 aliphatic heterocycles. The molecule has 3 heterocycles. The molecule has 5 rings (SSSR count). The summed E-state index contributed by atoms with van der Waals surface area (Å²) < 4.78 is 6.83. The van der Waals surface area contributed by atoms with Crippen molar-refractivity contribution in [2.45, 2.75) is 20.4 Å². The first-order valence-corrected chi connectivity index (χ1v) is 13.8. The number of carbonyl (C=O) groups excluding carboxylic acids is 2. The summed E-state index contributed by atoms with van der Waals surface area (Å²) in [6.45, 7) is 4.04. The van der Waals surface area contributed by atoms with E-state index < -0.39 is 11.9 Å². The van der Waals surface area contributed by atoms with Gasteiger partial charge in [-0.1, -0.05) is 54.1 Å². The molecule has 3 aromatic heterocycles. The summed E-state index contributed by atoms with van der Waals surface area (Å²) in [7, 11) is 0. The van der Waals surface area contributed by atoms with Gasteiger partial charge >= 0.3 is 5.97 Å². The lowest BCUT2D eigenvalue weighted by Crippen LogP contribution is -2.21. The number of thiophene rings is 2. The molecule has 0 unspecified atom stereocenters. The Morgan fingerprint density at radius 1 is 1.11 bits per heavy atom. The van der Waals surface area contributed by atoms with Gasteiger partial charge in [-0.15, -0.1) is 22.7 Å². The van der Waals surface area contributed by atoms with E-state index in [1.807, 2.05) is 30.3 Å². The average molecular weight is 564 g/mol. The fourth-order valence-electron chi connectivity index (χ4n) is 4.13. The van der Waals surface area contributed by atoms with Gasteiger partial charge in [0, 0.05) is 16.0 Å². The molecule has 0 saturated carbocycles. The van der Waals surface area contributed by atoms with Crippen LogP contribution >= 0.6 is 34.3 Å². The molecule has 0 atom stereocenters. The molecule has 0 aliphatic rings. The summed E-state index contributed by atoms with van der Waals surface area (Å²) >= 11 is 8.41. The number of anilines is 1. The number of amides is 1. The molecule has 0 aliphatic carbocycles. The standard InChI is InChI=1S/C28H22ClN3O4S2/c1-3-36-28(35)22-20(18-9-11-19(29)12-10-18)14-37-26(22)31-24(33)23-16(2)21-25(38-23)30-15-32(27(21)34)13-17-7-5-4-6-8-17/h4-12,14-15H,3,13H2,1-2H3,(H,31,33). The lowest BCUT2D eigenvalue weighted by molar-refractivity contribution is 0.0529. The van der Waals surface area contributed by atoms with E-state index >= 15 is 0 Å². The smallest absolute Gasteiger partial charge is 0.341 e. The van der Waals surface area contributed by atoms with Gasteiger partial charge in [-0.2, -0.15) is 0 Å². The Morgan fingerprint density at radius 3 is 2.55 bits per heavy atom. The van der Waals surface area contributed by atoms with Gasteiger partial charge in [-0.05, 0) is 42.7 Å². The fourth-order valence-corrected chi connectivity index (χ4v) is 6.24. The molecular formula is C28H22ClN3O4S2. The van der Waals surface area contributed by atoms with Gasteiger partial charge in [0.05, 0.1) is 29.7 Å². The third-order valence-corrected chi connectivity index (χ3v) is 8.32. The molecule has 0 fully saturated rings. The minimum absolute atomic E-state index is 0.193. The van der Waals surface area contributed by atoms with E-state index in [4.69, 9.17) is 16.3 Å². The average Bonchev–Trinajstić information content (AvgIpc) is 3.48. The Labute approximate surface area is 231 Å². The van der Waals surface area contributed by atoms with Crippen molar-refractivity contribution >= 4 is 61.4 Å². The second-order valence-corrected chi connectivity index (χ2v) is 10.7. The number of hydrogen-bond donors (Lipinski definition) is 1. The molecule has 1 amide bonds. The van der Waals surface area contributed by atoms with Crippen LogP contribution in [0, 0.1) is 6.92 Å². The van der Waals surface area contributed by atoms with Gasteiger partial charge in [0.25, 0.3) is 11.5 Å². The van der Waals surface area contributed by atoms with Gasteiger partial charge in [0.1, 0.15) is 15.4 Å². The van der Waals surface area contributed by atoms with Crippen LogP contribution in [0.25, 0.3) is 21.3 Å². The lowest BCUT2D eigenvalue weighted by Gasteiger charge is -2.09. The van der Waals surface area contributed by atoms with Crippen LogP contribution in [-0.4, -0.2) is 28.0 Å². The molecule has 5 aromatic rings. The highest BCUT2D eigenvalue weighted by Crippen LogP contribution is 2.37.